The first-order valence-corrected chi connectivity index (χ1v) is 8.98. The molecule has 6 atom stereocenters. The zero-order chi connectivity index (χ0) is 14.7. The molecule has 0 aromatic heterocycles. The quantitative estimate of drug-likeness (QED) is 0.519. The van der Waals surface area contributed by atoms with Crippen molar-refractivity contribution in [2.24, 2.45) is 29.1 Å². The minimum Gasteiger partial charge on any atom is -0.377 e. The van der Waals surface area contributed by atoms with Gasteiger partial charge in [0, 0.05) is 5.41 Å². The molecular formula is C20H28O. The van der Waals surface area contributed by atoms with Crippen LogP contribution in [0.3, 0.4) is 0 Å². The van der Waals surface area contributed by atoms with Gasteiger partial charge in [-0.2, -0.15) is 0 Å². The van der Waals surface area contributed by atoms with Gasteiger partial charge in [-0.25, -0.2) is 0 Å². The lowest BCUT2D eigenvalue weighted by Gasteiger charge is -2.54. The molecule has 0 bridgehead atoms. The minimum absolute atomic E-state index is 0.0290. The van der Waals surface area contributed by atoms with Crippen LogP contribution < -0.4 is 0 Å². The molecule has 0 unspecified atom stereocenters. The summed E-state index contributed by atoms with van der Waals surface area (Å²) in [7, 11) is 0. The molecule has 0 radical (unpaired) electrons. The monoisotopic (exact) mass is 284 g/mol. The Morgan fingerprint density at radius 1 is 1.19 bits per heavy atom. The van der Waals surface area contributed by atoms with Crippen LogP contribution in [0.25, 0.3) is 0 Å². The number of terminal acetylenes is 1. The lowest BCUT2D eigenvalue weighted by atomic mass is 9.50. The summed E-state index contributed by atoms with van der Waals surface area (Å²) < 4.78 is 0. The van der Waals surface area contributed by atoms with Crippen LogP contribution >= 0.6 is 0 Å². The molecule has 0 aromatic rings. The SMILES string of the molecule is C#C[C@]1(O)CC[C@H]2[C@@H]3CCC4=CCCC[C@@H]4[C@H]3CC[C@@]21C. The average molecular weight is 284 g/mol. The average Bonchev–Trinajstić information content (AvgIpc) is 2.79. The molecule has 1 nitrogen and oxygen atoms in total. The Balaban J connectivity index is 1.66. The Morgan fingerprint density at radius 3 is 2.86 bits per heavy atom. The van der Waals surface area contributed by atoms with E-state index in [0.717, 1.165) is 37.0 Å². The van der Waals surface area contributed by atoms with Gasteiger partial charge in [0.1, 0.15) is 5.60 Å². The van der Waals surface area contributed by atoms with E-state index >= 15 is 0 Å². The summed E-state index contributed by atoms with van der Waals surface area (Å²) in [5.74, 6) is 5.98. The van der Waals surface area contributed by atoms with E-state index in [1.807, 2.05) is 0 Å². The van der Waals surface area contributed by atoms with Crippen LogP contribution in [0.1, 0.15) is 64.7 Å². The molecule has 0 spiro atoms. The summed E-state index contributed by atoms with van der Waals surface area (Å²) in [5, 5.41) is 10.9. The van der Waals surface area contributed by atoms with Gasteiger partial charge >= 0.3 is 0 Å². The zero-order valence-corrected chi connectivity index (χ0v) is 13.3. The van der Waals surface area contributed by atoms with E-state index in [1.165, 1.54) is 38.5 Å². The van der Waals surface area contributed by atoms with E-state index in [1.54, 1.807) is 5.57 Å². The topological polar surface area (TPSA) is 20.2 Å². The number of allylic oxidation sites excluding steroid dienone is 2. The number of hydrogen-bond acceptors (Lipinski definition) is 1. The fraction of sp³-hybridized carbons (Fsp3) is 0.800. The molecule has 3 fully saturated rings. The van der Waals surface area contributed by atoms with Crippen molar-refractivity contribution in [3.63, 3.8) is 0 Å². The third kappa shape index (κ3) is 1.75. The normalized spacial score (nSPS) is 52.1. The molecule has 0 heterocycles. The van der Waals surface area contributed by atoms with Gasteiger partial charge in [-0.3, -0.25) is 0 Å². The van der Waals surface area contributed by atoms with Crippen LogP contribution in [-0.4, -0.2) is 10.7 Å². The van der Waals surface area contributed by atoms with Crippen molar-refractivity contribution in [2.75, 3.05) is 0 Å². The number of fused-ring (bicyclic) bond motifs is 5. The first-order chi connectivity index (χ1) is 10.1. The molecule has 21 heavy (non-hydrogen) atoms. The number of hydrogen-bond donors (Lipinski definition) is 1. The highest BCUT2D eigenvalue weighted by Gasteiger charge is 2.61. The Bertz CT molecular complexity index is 512. The van der Waals surface area contributed by atoms with Crippen molar-refractivity contribution >= 4 is 0 Å². The highest BCUT2D eigenvalue weighted by molar-refractivity contribution is 5.25. The Labute approximate surface area is 129 Å². The maximum Gasteiger partial charge on any atom is 0.130 e. The third-order valence-corrected chi connectivity index (χ3v) is 7.77. The van der Waals surface area contributed by atoms with Gasteiger partial charge in [0.15, 0.2) is 0 Å². The molecule has 0 aromatic carbocycles. The van der Waals surface area contributed by atoms with E-state index in [-0.39, 0.29) is 5.41 Å². The van der Waals surface area contributed by atoms with E-state index in [4.69, 9.17) is 6.42 Å². The van der Waals surface area contributed by atoms with Crippen LogP contribution in [0, 0.1) is 41.4 Å². The molecule has 4 rings (SSSR count). The van der Waals surface area contributed by atoms with Crippen molar-refractivity contribution in [1.29, 1.82) is 0 Å². The zero-order valence-electron chi connectivity index (χ0n) is 13.3. The summed E-state index contributed by atoms with van der Waals surface area (Å²) in [6.45, 7) is 2.28. The standard InChI is InChI=1S/C20H28O/c1-3-20(21)13-11-18-17-9-8-14-6-4-5-7-15(14)16(17)10-12-19(18,20)2/h1,6,15-18,21H,4-5,7-13H2,2H3/t15-,16+,17+,18-,19-,20-/m0/s1. The van der Waals surface area contributed by atoms with E-state index < -0.39 is 5.60 Å². The third-order valence-electron chi connectivity index (χ3n) is 7.77. The fourth-order valence-corrected chi connectivity index (χ4v) is 6.56. The first kappa shape index (κ1) is 13.9. The molecule has 114 valence electrons. The largest absolute Gasteiger partial charge is 0.377 e. The second-order valence-electron chi connectivity index (χ2n) is 8.29. The molecule has 0 saturated heterocycles. The van der Waals surface area contributed by atoms with Gasteiger partial charge in [-0.1, -0.05) is 24.5 Å². The van der Waals surface area contributed by atoms with E-state index in [0.29, 0.717) is 5.92 Å². The van der Waals surface area contributed by atoms with Gasteiger partial charge in [-0.15, -0.1) is 6.42 Å². The summed E-state index contributed by atoms with van der Waals surface area (Å²) in [6.07, 6.45) is 19.4. The fourth-order valence-electron chi connectivity index (χ4n) is 6.56. The second-order valence-corrected chi connectivity index (χ2v) is 8.29. The summed E-state index contributed by atoms with van der Waals surface area (Å²) in [6, 6.07) is 0. The van der Waals surface area contributed by atoms with Crippen molar-refractivity contribution in [1.82, 2.24) is 0 Å². The summed E-state index contributed by atoms with van der Waals surface area (Å²) in [5.41, 5.74) is 0.903. The molecule has 4 aliphatic rings. The Morgan fingerprint density at radius 2 is 2.05 bits per heavy atom. The lowest BCUT2D eigenvalue weighted by Crippen LogP contribution is -2.52. The first-order valence-electron chi connectivity index (χ1n) is 8.98. The lowest BCUT2D eigenvalue weighted by molar-refractivity contribution is -0.0857. The molecule has 1 N–H and O–H groups in total. The van der Waals surface area contributed by atoms with Crippen molar-refractivity contribution in [2.45, 2.75) is 70.3 Å². The Kier molecular flexibility index (Phi) is 3.06. The van der Waals surface area contributed by atoms with Gasteiger partial charge in [0.25, 0.3) is 0 Å². The maximum atomic E-state index is 10.9. The maximum absolute atomic E-state index is 10.9. The highest BCUT2D eigenvalue weighted by atomic mass is 16.3. The summed E-state index contributed by atoms with van der Waals surface area (Å²) >= 11 is 0. The van der Waals surface area contributed by atoms with E-state index in [2.05, 4.69) is 18.9 Å². The molecular weight excluding hydrogens is 256 g/mol. The number of aliphatic hydroxyl groups is 1. The van der Waals surface area contributed by atoms with Crippen molar-refractivity contribution in [3.8, 4) is 12.3 Å². The predicted molar refractivity (Wildman–Crippen MR) is 85.5 cm³/mol. The molecule has 0 aliphatic heterocycles. The van der Waals surface area contributed by atoms with Crippen molar-refractivity contribution < 1.29 is 5.11 Å². The Hall–Kier alpha value is -0.740. The highest BCUT2D eigenvalue weighted by Crippen LogP contribution is 2.64. The summed E-state index contributed by atoms with van der Waals surface area (Å²) in [4.78, 5) is 0. The molecule has 4 aliphatic carbocycles. The van der Waals surface area contributed by atoms with Gasteiger partial charge < -0.3 is 5.11 Å². The second kappa shape index (κ2) is 4.63. The molecule has 3 saturated carbocycles. The van der Waals surface area contributed by atoms with Crippen LogP contribution in [0.15, 0.2) is 11.6 Å². The van der Waals surface area contributed by atoms with Gasteiger partial charge in [-0.05, 0) is 81.5 Å². The van der Waals surface area contributed by atoms with Crippen molar-refractivity contribution in [3.05, 3.63) is 11.6 Å². The number of rotatable bonds is 0. The van der Waals surface area contributed by atoms with Gasteiger partial charge in [0.2, 0.25) is 0 Å². The predicted octanol–water partition coefficient (Wildman–Crippen LogP) is 4.31. The van der Waals surface area contributed by atoms with Gasteiger partial charge in [0.05, 0.1) is 0 Å². The molecule has 1 heteroatoms. The van der Waals surface area contributed by atoms with E-state index in [9.17, 15) is 5.11 Å². The van der Waals surface area contributed by atoms with Crippen LogP contribution in [-0.2, 0) is 0 Å². The van der Waals surface area contributed by atoms with Crippen LogP contribution in [0.5, 0.6) is 0 Å². The smallest absolute Gasteiger partial charge is 0.130 e. The van der Waals surface area contributed by atoms with Crippen LogP contribution in [0.2, 0.25) is 0 Å². The van der Waals surface area contributed by atoms with Crippen LogP contribution in [0.4, 0.5) is 0 Å². The molecule has 0 amide bonds. The minimum atomic E-state index is -0.842.